The molecule has 4 rings (SSSR count). The molecule has 0 N–H and O–H groups in total. The predicted octanol–water partition coefficient (Wildman–Crippen LogP) is 5.30. The molecule has 5 heteroatoms. The van der Waals surface area contributed by atoms with Gasteiger partial charge in [-0.15, -0.1) is 11.3 Å². The second-order valence-electron chi connectivity index (χ2n) is 8.28. The van der Waals surface area contributed by atoms with Gasteiger partial charge in [0.2, 0.25) is 5.91 Å². The molecule has 0 bridgehead atoms. The fraction of sp³-hybridized carbons (Fsp3) is 0.360. The first kappa shape index (κ1) is 20.8. The number of hydrogen-bond acceptors (Lipinski definition) is 4. The van der Waals surface area contributed by atoms with Gasteiger partial charge in [-0.2, -0.15) is 0 Å². The number of hydrogen-bond donors (Lipinski definition) is 0. The van der Waals surface area contributed by atoms with E-state index in [4.69, 9.17) is 4.98 Å². The number of amides is 1. The average molecular weight is 420 g/mol. The Morgan fingerprint density at radius 1 is 1.10 bits per heavy atom. The fourth-order valence-electron chi connectivity index (χ4n) is 4.52. The van der Waals surface area contributed by atoms with Gasteiger partial charge in [-0.3, -0.25) is 14.6 Å². The van der Waals surface area contributed by atoms with Gasteiger partial charge in [-0.05, 0) is 49.9 Å². The SMILES string of the molecule is CC(=O)N(c1cccc(C)c1)C1(c2nc(C)cs2)CCN(Cc2ccccc2)CC1. The zero-order valence-corrected chi connectivity index (χ0v) is 18.8. The smallest absolute Gasteiger partial charge is 0.224 e. The third kappa shape index (κ3) is 4.18. The van der Waals surface area contributed by atoms with Crippen molar-refractivity contribution in [2.45, 2.75) is 45.7 Å². The number of rotatable bonds is 5. The van der Waals surface area contributed by atoms with Gasteiger partial charge in [0, 0.05) is 43.3 Å². The molecule has 1 aliphatic heterocycles. The van der Waals surface area contributed by atoms with Crippen LogP contribution >= 0.6 is 11.3 Å². The minimum atomic E-state index is -0.397. The van der Waals surface area contributed by atoms with Gasteiger partial charge in [0.15, 0.2) is 0 Å². The lowest BCUT2D eigenvalue weighted by Gasteiger charge is -2.47. The van der Waals surface area contributed by atoms with Crippen LogP contribution in [0.1, 0.15) is 41.6 Å². The molecule has 1 aliphatic rings. The number of anilines is 1. The Labute approximate surface area is 183 Å². The summed E-state index contributed by atoms with van der Waals surface area (Å²) in [6.07, 6.45) is 1.75. The topological polar surface area (TPSA) is 36.4 Å². The third-order valence-electron chi connectivity index (χ3n) is 5.95. The van der Waals surface area contributed by atoms with Crippen LogP contribution in [-0.2, 0) is 16.9 Å². The van der Waals surface area contributed by atoms with E-state index in [1.165, 1.54) is 5.56 Å². The number of likely N-dealkylation sites (tertiary alicyclic amines) is 1. The van der Waals surface area contributed by atoms with Crippen molar-refractivity contribution in [2.75, 3.05) is 18.0 Å². The van der Waals surface area contributed by atoms with Crippen molar-refractivity contribution in [2.24, 2.45) is 0 Å². The molecule has 2 heterocycles. The van der Waals surface area contributed by atoms with E-state index in [2.05, 4.69) is 59.7 Å². The number of aryl methyl sites for hydroxylation is 2. The number of nitrogens with zero attached hydrogens (tertiary/aromatic N) is 3. The monoisotopic (exact) mass is 419 g/mol. The molecule has 156 valence electrons. The zero-order chi connectivity index (χ0) is 21.1. The normalized spacial score (nSPS) is 16.4. The van der Waals surface area contributed by atoms with Crippen LogP contribution in [0.3, 0.4) is 0 Å². The van der Waals surface area contributed by atoms with Crippen molar-refractivity contribution in [1.29, 1.82) is 0 Å². The van der Waals surface area contributed by atoms with Crippen LogP contribution in [0.5, 0.6) is 0 Å². The minimum absolute atomic E-state index is 0.0740. The molecular weight excluding hydrogens is 390 g/mol. The summed E-state index contributed by atoms with van der Waals surface area (Å²) >= 11 is 1.68. The molecule has 3 aromatic rings. The van der Waals surface area contributed by atoms with Crippen molar-refractivity contribution in [3.63, 3.8) is 0 Å². The summed E-state index contributed by atoms with van der Waals surface area (Å²) in [7, 11) is 0. The van der Waals surface area contributed by atoms with E-state index in [1.807, 2.05) is 24.0 Å². The molecule has 0 unspecified atom stereocenters. The molecule has 2 aromatic carbocycles. The molecule has 1 saturated heterocycles. The summed E-state index contributed by atoms with van der Waals surface area (Å²) in [6, 6.07) is 18.9. The molecule has 1 aromatic heterocycles. The minimum Gasteiger partial charge on any atom is -0.300 e. The van der Waals surface area contributed by atoms with Gasteiger partial charge in [-0.25, -0.2) is 4.98 Å². The largest absolute Gasteiger partial charge is 0.300 e. The molecule has 4 nitrogen and oxygen atoms in total. The van der Waals surface area contributed by atoms with E-state index < -0.39 is 5.54 Å². The van der Waals surface area contributed by atoms with Gasteiger partial charge >= 0.3 is 0 Å². The Morgan fingerprint density at radius 2 is 1.83 bits per heavy atom. The van der Waals surface area contributed by atoms with Crippen molar-refractivity contribution < 1.29 is 4.79 Å². The van der Waals surface area contributed by atoms with Gasteiger partial charge in [0.25, 0.3) is 0 Å². The highest BCUT2D eigenvalue weighted by atomic mass is 32.1. The lowest BCUT2D eigenvalue weighted by molar-refractivity contribution is -0.118. The highest BCUT2D eigenvalue weighted by molar-refractivity contribution is 7.09. The van der Waals surface area contributed by atoms with Gasteiger partial charge in [-0.1, -0.05) is 42.5 Å². The van der Waals surface area contributed by atoms with Gasteiger partial charge in [0.05, 0.1) is 0 Å². The number of benzene rings is 2. The Balaban J connectivity index is 1.67. The van der Waals surface area contributed by atoms with E-state index in [0.717, 1.165) is 54.4 Å². The number of thiazole rings is 1. The maximum Gasteiger partial charge on any atom is 0.224 e. The van der Waals surface area contributed by atoms with Crippen LogP contribution in [0, 0.1) is 13.8 Å². The number of aromatic nitrogens is 1. The first-order valence-corrected chi connectivity index (χ1v) is 11.4. The standard InChI is InChI=1S/C25H29N3OS/c1-19-8-7-11-23(16-19)28(21(3)29)25(24-26-20(2)18-30-24)12-14-27(15-13-25)17-22-9-5-4-6-10-22/h4-11,16,18H,12-15,17H2,1-3H3. The predicted molar refractivity (Wildman–Crippen MR) is 124 cm³/mol. The fourth-order valence-corrected chi connectivity index (χ4v) is 5.57. The quantitative estimate of drug-likeness (QED) is 0.563. The molecule has 1 amide bonds. The van der Waals surface area contributed by atoms with Crippen LogP contribution in [0.4, 0.5) is 5.69 Å². The second-order valence-corrected chi connectivity index (χ2v) is 9.14. The number of carbonyl (C=O) groups is 1. The Bertz CT molecular complexity index is 1010. The molecular formula is C25H29N3OS. The Kier molecular flexibility index (Phi) is 6.02. The maximum atomic E-state index is 13.0. The van der Waals surface area contributed by atoms with Gasteiger partial charge < -0.3 is 0 Å². The van der Waals surface area contributed by atoms with Crippen molar-refractivity contribution in [3.8, 4) is 0 Å². The molecule has 0 spiro atoms. The van der Waals surface area contributed by atoms with E-state index in [-0.39, 0.29) is 5.91 Å². The second kappa shape index (κ2) is 8.70. The molecule has 30 heavy (non-hydrogen) atoms. The van der Waals surface area contributed by atoms with E-state index in [9.17, 15) is 4.79 Å². The van der Waals surface area contributed by atoms with Crippen LogP contribution in [0.25, 0.3) is 0 Å². The van der Waals surface area contributed by atoms with Crippen molar-refractivity contribution >= 4 is 22.9 Å². The van der Waals surface area contributed by atoms with Crippen molar-refractivity contribution in [1.82, 2.24) is 9.88 Å². The highest BCUT2D eigenvalue weighted by Gasteiger charge is 2.45. The van der Waals surface area contributed by atoms with Crippen LogP contribution < -0.4 is 4.90 Å². The summed E-state index contributed by atoms with van der Waals surface area (Å²) in [5, 5.41) is 3.15. The van der Waals surface area contributed by atoms with E-state index in [1.54, 1.807) is 18.3 Å². The number of piperidine rings is 1. The molecule has 0 radical (unpaired) electrons. The average Bonchev–Trinajstić information content (AvgIpc) is 3.17. The molecule has 0 atom stereocenters. The van der Waals surface area contributed by atoms with Crippen LogP contribution in [-0.4, -0.2) is 28.9 Å². The first-order valence-electron chi connectivity index (χ1n) is 10.5. The van der Waals surface area contributed by atoms with Crippen molar-refractivity contribution in [3.05, 3.63) is 81.8 Å². The Hall–Kier alpha value is -2.50. The lowest BCUT2D eigenvalue weighted by atomic mass is 9.85. The van der Waals surface area contributed by atoms with Crippen LogP contribution in [0.15, 0.2) is 60.0 Å². The van der Waals surface area contributed by atoms with E-state index in [0.29, 0.717) is 0 Å². The van der Waals surface area contributed by atoms with Gasteiger partial charge in [0.1, 0.15) is 10.5 Å². The summed E-state index contributed by atoms with van der Waals surface area (Å²) in [5.74, 6) is 0.0740. The maximum absolute atomic E-state index is 13.0. The summed E-state index contributed by atoms with van der Waals surface area (Å²) in [4.78, 5) is 22.4. The molecule has 0 saturated carbocycles. The van der Waals surface area contributed by atoms with Crippen LogP contribution in [0.2, 0.25) is 0 Å². The number of carbonyl (C=O) groups excluding carboxylic acids is 1. The first-order chi connectivity index (χ1) is 14.5. The Morgan fingerprint density at radius 3 is 2.43 bits per heavy atom. The van der Waals surface area contributed by atoms with E-state index >= 15 is 0 Å². The zero-order valence-electron chi connectivity index (χ0n) is 18.0. The molecule has 1 fully saturated rings. The molecule has 0 aliphatic carbocycles. The lowest BCUT2D eigenvalue weighted by Crippen LogP contribution is -2.55. The summed E-state index contributed by atoms with van der Waals surface area (Å²) in [5.41, 5.74) is 4.08. The third-order valence-corrected chi connectivity index (χ3v) is 7.11. The summed E-state index contributed by atoms with van der Waals surface area (Å²) < 4.78 is 0. The summed E-state index contributed by atoms with van der Waals surface area (Å²) in [6.45, 7) is 8.60. The highest BCUT2D eigenvalue weighted by Crippen LogP contribution is 2.43.